The number of hydrogen-bond donors (Lipinski definition) is 2. The maximum Gasteiger partial charge on any atom is 0.251 e. The zero-order valence-corrected chi connectivity index (χ0v) is 19.1. The molecule has 1 aliphatic rings. The standard InChI is InChI=1S/C25H28N2O4S/c1-17(21-13-7-9-18-8-3-6-12-22(18)21)26-25(28)19-14-15-23(31-2)24(16-19)32(29,30)27-20-10-4-5-11-20/h3,6-9,12-17,20,27H,4-5,10-11H2,1-2H3,(H,26,28). The van der Waals surface area contributed by atoms with E-state index in [4.69, 9.17) is 4.74 Å². The quantitative estimate of drug-likeness (QED) is 0.550. The van der Waals surface area contributed by atoms with Crippen molar-refractivity contribution in [3.05, 3.63) is 71.8 Å². The van der Waals surface area contributed by atoms with Crippen LogP contribution in [0, 0.1) is 0 Å². The Morgan fingerprint density at radius 3 is 2.50 bits per heavy atom. The molecule has 2 N–H and O–H groups in total. The molecule has 1 fully saturated rings. The summed E-state index contributed by atoms with van der Waals surface area (Å²) in [4.78, 5) is 13.0. The fraction of sp³-hybridized carbons (Fsp3) is 0.320. The summed E-state index contributed by atoms with van der Waals surface area (Å²) in [6, 6.07) is 18.2. The minimum Gasteiger partial charge on any atom is -0.495 e. The van der Waals surface area contributed by atoms with E-state index in [0.29, 0.717) is 0 Å². The average molecular weight is 453 g/mol. The molecule has 0 saturated heterocycles. The zero-order valence-electron chi connectivity index (χ0n) is 18.3. The van der Waals surface area contributed by atoms with Crippen LogP contribution in [0.4, 0.5) is 0 Å². The van der Waals surface area contributed by atoms with Gasteiger partial charge in [0.2, 0.25) is 10.0 Å². The Hall–Kier alpha value is -2.90. The number of amides is 1. The van der Waals surface area contributed by atoms with E-state index in [9.17, 15) is 13.2 Å². The molecule has 3 aromatic rings. The van der Waals surface area contributed by atoms with E-state index in [1.807, 2.05) is 49.4 Å². The van der Waals surface area contributed by atoms with E-state index < -0.39 is 10.0 Å². The molecule has 0 spiro atoms. The van der Waals surface area contributed by atoms with E-state index in [2.05, 4.69) is 10.0 Å². The van der Waals surface area contributed by atoms with E-state index in [-0.39, 0.29) is 34.2 Å². The molecular formula is C25H28N2O4S. The number of ether oxygens (including phenoxy) is 1. The second-order valence-electron chi connectivity index (χ2n) is 8.23. The highest BCUT2D eigenvalue weighted by atomic mass is 32.2. The predicted molar refractivity (Wildman–Crippen MR) is 125 cm³/mol. The summed E-state index contributed by atoms with van der Waals surface area (Å²) in [6.45, 7) is 1.92. The summed E-state index contributed by atoms with van der Waals surface area (Å²) in [5.41, 5.74) is 1.27. The second-order valence-corrected chi connectivity index (χ2v) is 9.91. The number of hydrogen-bond acceptors (Lipinski definition) is 4. The van der Waals surface area contributed by atoms with Gasteiger partial charge in [-0.3, -0.25) is 4.79 Å². The molecule has 0 bridgehead atoms. The van der Waals surface area contributed by atoms with Gasteiger partial charge in [0.25, 0.3) is 5.91 Å². The first-order valence-corrected chi connectivity index (χ1v) is 12.4. The number of fused-ring (bicyclic) bond motifs is 1. The number of rotatable bonds is 7. The largest absolute Gasteiger partial charge is 0.495 e. The highest BCUT2D eigenvalue weighted by Crippen LogP contribution is 2.28. The van der Waals surface area contributed by atoms with Crippen LogP contribution in [0.5, 0.6) is 5.75 Å². The van der Waals surface area contributed by atoms with Gasteiger partial charge in [-0.15, -0.1) is 0 Å². The molecule has 0 aliphatic heterocycles. The molecule has 1 aliphatic carbocycles. The Bertz CT molecular complexity index is 1230. The van der Waals surface area contributed by atoms with E-state index in [0.717, 1.165) is 42.0 Å². The minimum absolute atomic E-state index is 0.0163. The molecule has 1 unspecified atom stereocenters. The van der Waals surface area contributed by atoms with Gasteiger partial charge < -0.3 is 10.1 Å². The third-order valence-electron chi connectivity index (χ3n) is 6.03. The van der Waals surface area contributed by atoms with Gasteiger partial charge in [-0.25, -0.2) is 13.1 Å². The van der Waals surface area contributed by atoms with Crippen molar-refractivity contribution in [2.24, 2.45) is 0 Å². The van der Waals surface area contributed by atoms with Crippen LogP contribution in [0.1, 0.15) is 54.6 Å². The second kappa shape index (κ2) is 9.30. The molecule has 0 heterocycles. The summed E-state index contributed by atoms with van der Waals surface area (Å²) in [6.07, 6.45) is 3.67. The molecular weight excluding hydrogens is 424 g/mol. The van der Waals surface area contributed by atoms with Gasteiger partial charge in [0, 0.05) is 11.6 Å². The maximum atomic E-state index is 13.0. The number of carbonyl (C=O) groups excluding carboxylic acids is 1. The van der Waals surface area contributed by atoms with Gasteiger partial charge in [-0.05, 0) is 54.3 Å². The van der Waals surface area contributed by atoms with Crippen LogP contribution in [0.2, 0.25) is 0 Å². The van der Waals surface area contributed by atoms with Crippen molar-refractivity contribution < 1.29 is 17.9 Å². The first-order valence-electron chi connectivity index (χ1n) is 10.9. The van der Waals surface area contributed by atoms with Gasteiger partial charge >= 0.3 is 0 Å². The first kappa shape index (κ1) is 22.3. The summed E-state index contributed by atoms with van der Waals surface area (Å²) in [5.74, 6) is -0.125. The van der Waals surface area contributed by atoms with Crippen molar-refractivity contribution in [1.82, 2.24) is 10.0 Å². The summed E-state index contributed by atoms with van der Waals surface area (Å²) >= 11 is 0. The van der Waals surface area contributed by atoms with Crippen LogP contribution < -0.4 is 14.8 Å². The molecule has 7 heteroatoms. The highest BCUT2D eigenvalue weighted by molar-refractivity contribution is 7.89. The van der Waals surface area contributed by atoms with Crippen molar-refractivity contribution in [3.63, 3.8) is 0 Å². The third-order valence-corrected chi connectivity index (χ3v) is 7.57. The summed E-state index contributed by atoms with van der Waals surface area (Å²) in [5, 5.41) is 5.17. The van der Waals surface area contributed by atoms with Gasteiger partial charge in [0.05, 0.1) is 13.2 Å². The van der Waals surface area contributed by atoms with Gasteiger partial charge in [0.15, 0.2) is 0 Å². The Kier molecular flexibility index (Phi) is 6.48. The number of benzene rings is 3. The molecule has 1 saturated carbocycles. The van der Waals surface area contributed by atoms with Crippen LogP contribution in [-0.4, -0.2) is 27.5 Å². The van der Waals surface area contributed by atoms with Crippen LogP contribution in [0.25, 0.3) is 10.8 Å². The van der Waals surface area contributed by atoms with E-state index in [1.54, 1.807) is 6.07 Å². The topological polar surface area (TPSA) is 84.5 Å². The molecule has 1 atom stereocenters. The van der Waals surface area contributed by atoms with Gasteiger partial charge in [-0.1, -0.05) is 55.3 Å². The molecule has 1 amide bonds. The highest BCUT2D eigenvalue weighted by Gasteiger charge is 2.27. The van der Waals surface area contributed by atoms with Gasteiger partial charge in [-0.2, -0.15) is 0 Å². The monoisotopic (exact) mass is 452 g/mol. The maximum absolute atomic E-state index is 13.0. The Morgan fingerprint density at radius 1 is 1.03 bits per heavy atom. The average Bonchev–Trinajstić information content (AvgIpc) is 3.30. The Labute approximate surface area is 189 Å². The fourth-order valence-corrected chi connectivity index (χ4v) is 5.84. The van der Waals surface area contributed by atoms with E-state index in [1.165, 1.54) is 19.2 Å². The molecule has 4 rings (SSSR count). The molecule has 6 nitrogen and oxygen atoms in total. The molecule has 3 aromatic carbocycles. The smallest absolute Gasteiger partial charge is 0.251 e. The normalized spacial score (nSPS) is 15.6. The number of sulfonamides is 1. The number of nitrogens with one attached hydrogen (secondary N) is 2. The zero-order chi connectivity index (χ0) is 22.7. The lowest BCUT2D eigenvalue weighted by atomic mass is 9.99. The van der Waals surface area contributed by atoms with Crippen molar-refractivity contribution in [2.75, 3.05) is 7.11 Å². The molecule has 32 heavy (non-hydrogen) atoms. The van der Waals surface area contributed by atoms with Crippen LogP contribution in [0.15, 0.2) is 65.6 Å². The Morgan fingerprint density at radius 2 is 1.75 bits per heavy atom. The Balaban J connectivity index is 1.59. The third kappa shape index (κ3) is 4.64. The first-order chi connectivity index (χ1) is 15.4. The van der Waals surface area contributed by atoms with Crippen molar-refractivity contribution in [1.29, 1.82) is 0 Å². The van der Waals surface area contributed by atoms with E-state index >= 15 is 0 Å². The summed E-state index contributed by atoms with van der Waals surface area (Å²) < 4.78 is 34.1. The summed E-state index contributed by atoms with van der Waals surface area (Å²) in [7, 11) is -2.38. The lowest BCUT2D eigenvalue weighted by Crippen LogP contribution is -2.33. The van der Waals surface area contributed by atoms with Crippen LogP contribution >= 0.6 is 0 Å². The lowest BCUT2D eigenvalue weighted by molar-refractivity contribution is 0.0940. The van der Waals surface area contributed by atoms with Crippen LogP contribution in [0.3, 0.4) is 0 Å². The molecule has 0 radical (unpaired) electrons. The minimum atomic E-state index is -3.81. The number of carbonyl (C=O) groups is 1. The van der Waals surface area contributed by atoms with Crippen molar-refractivity contribution in [2.45, 2.75) is 49.6 Å². The van der Waals surface area contributed by atoms with Crippen molar-refractivity contribution >= 4 is 26.7 Å². The van der Waals surface area contributed by atoms with Crippen LogP contribution in [-0.2, 0) is 10.0 Å². The molecule has 168 valence electrons. The fourth-order valence-electron chi connectivity index (χ4n) is 4.34. The predicted octanol–water partition coefficient (Wildman–Crippen LogP) is 4.56. The lowest BCUT2D eigenvalue weighted by Gasteiger charge is -2.18. The van der Waals surface area contributed by atoms with Crippen molar-refractivity contribution in [3.8, 4) is 5.75 Å². The SMILES string of the molecule is COc1ccc(C(=O)NC(C)c2cccc3ccccc23)cc1S(=O)(=O)NC1CCCC1. The molecule has 0 aromatic heterocycles. The number of methoxy groups -OCH3 is 1. The van der Waals surface area contributed by atoms with Gasteiger partial charge in [0.1, 0.15) is 10.6 Å².